The van der Waals surface area contributed by atoms with Crippen molar-refractivity contribution < 1.29 is 8.42 Å². The average molecular weight is 318 g/mol. The molecule has 7 heteroatoms. The molecule has 0 saturated carbocycles. The number of piperidine rings is 1. The lowest BCUT2D eigenvalue weighted by molar-refractivity contribution is 0.169. The van der Waals surface area contributed by atoms with Crippen LogP contribution in [0.1, 0.15) is 33.1 Å². The Labute approximate surface area is 125 Å². The van der Waals surface area contributed by atoms with Gasteiger partial charge < -0.3 is 5.73 Å². The molecule has 1 aliphatic heterocycles. The van der Waals surface area contributed by atoms with Crippen molar-refractivity contribution in [3.8, 4) is 0 Å². The zero-order chi connectivity index (χ0) is 15.0. The van der Waals surface area contributed by atoms with Crippen molar-refractivity contribution in [1.82, 2.24) is 9.29 Å². The molecule has 0 aliphatic carbocycles. The number of pyridine rings is 1. The van der Waals surface area contributed by atoms with E-state index in [1.54, 1.807) is 0 Å². The summed E-state index contributed by atoms with van der Waals surface area (Å²) in [5, 5.41) is 0.168. The molecule has 1 saturated heterocycles. The van der Waals surface area contributed by atoms with Crippen LogP contribution in [0.15, 0.2) is 17.2 Å². The molecule has 1 aromatic heterocycles. The molecular weight excluding hydrogens is 298 g/mol. The topological polar surface area (TPSA) is 76.3 Å². The molecule has 20 heavy (non-hydrogen) atoms. The molecule has 0 spiro atoms. The molecule has 1 aromatic rings. The molecule has 0 bridgehead atoms. The Morgan fingerprint density at radius 3 is 2.55 bits per heavy atom. The largest absolute Gasteiger partial charge is 0.382 e. The standard InChI is InChI=1S/C13H20ClN3O2S/c1-3-13(2)4-6-17(7-5-13)20(18,19)10-8-11(14)12(15)16-9-10/h8-9H,3-7H2,1-2H3,(H2,15,16). The fraction of sp³-hybridized carbons (Fsp3) is 0.615. The summed E-state index contributed by atoms with van der Waals surface area (Å²) in [4.78, 5) is 3.93. The lowest BCUT2D eigenvalue weighted by atomic mass is 9.79. The van der Waals surface area contributed by atoms with Crippen molar-refractivity contribution in [2.75, 3.05) is 18.8 Å². The molecule has 1 aliphatic rings. The van der Waals surface area contributed by atoms with E-state index in [9.17, 15) is 8.42 Å². The molecule has 2 N–H and O–H groups in total. The van der Waals surface area contributed by atoms with E-state index in [1.165, 1.54) is 16.6 Å². The van der Waals surface area contributed by atoms with E-state index >= 15 is 0 Å². The Morgan fingerprint density at radius 1 is 1.45 bits per heavy atom. The van der Waals surface area contributed by atoms with Gasteiger partial charge in [-0.3, -0.25) is 0 Å². The minimum Gasteiger partial charge on any atom is -0.382 e. The van der Waals surface area contributed by atoms with Crippen LogP contribution in [-0.4, -0.2) is 30.8 Å². The lowest BCUT2D eigenvalue weighted by Crippen LogP contribution is -2.41. The van der Waals surface area contributed by atoms with Gasteiger partial charge in [-0.2, -0.15) is 4.31 Å². The Morgan fingerprint density at radius 2 is 2.05 bits per heavy atom. The predicted octanol–water partition coefficient (Wildman–Crippen LogP) is 2.52. The minimum atomic E-state index is -3.53. The third kappa shape index (κ3) is 2.92. The van der Waals surface area contributed by atoms with E-state index in [-0.39, 0.29) is 21.2 Å². The molecule has 1 fully saturated rings. The van der Waals surface area contributed by atoms with Crippen LogP contribution in [0.25, 0.3) is 0 Å². The third-order valence-corrected chi connectivity index (χ3v) is 6.43. The zero-order valence-electron chi connectivity index (χ0n) is 11.8. The van der Waals surface area contributed by atoms with Crippen LogP contribution < -0.4 is 5.73 Å². The number of hydrogen-bond acceptors (Lipinski definition) is 4. The number of hydrogen-bond donors (Lipinski definition) is 1. The Kier molecular flexibility index (Phi) is 4.27. The second-order valence-corrected chi connectivity index (χ2v) is 7.95. The Balaban J connectivity index is 2.22. The van der Waals surface area contributed by atoms with Gasteiger partial charge in [0.25, 0.3) is 0 Å². The molecule has 112 valence electrons. The summed E-state index contributed by atoms with van der Waals surface area (Å²) in [5.41, 5.74) is 5.75. The number of nitrogen functional groups attached to an aromatic ring is 1. The van der Waals surface area contributed by atoms with E-state index < -0.39 is 10.0 Å². The van der Waals surface area contributed by atoms with Crippen LogP contribution in [0.5, 0.6) is 0 Å². The summed E-state index contributed by atoms with van der Waals surface area (Å²) < 4.78 is 26.6. The highest BCUT2D eigenvalue weighted by atomic mass is 35.5. The molecule has 0 aromatic carbocycles. The quantitative estimate of drug-likeness (QED) is 0.929. The number of rotatable bonds is 3. The first kappa shape index (κ1) is 15.5. The van der Waals surface area contributed by atoms with Gasteiger partial charge in [0.05, 0.1) is 5.02 Å². The second kappa shape index (κ2) is 5.50. The zero-order valence-corrected chi connectivity index (χ0v) is 13.3. The van der Waals surface area contributed by atoms with Gasteiger partial charge in [-0.05, 0) is 24.3 Å². The van der Waals surface area contributed by atoms with Crippen LogP contribution >= 0.6 is 11.6 Å². The highest BCUT2D eigenvalue weighted by Gasteiger charge is 2.34. The summed E-state index contributed by atoms with van der Waals surface area (Å²) >= 11 is 5.86. The molecule has 2 heterocycles. The second-order valence-electron chi connectivity index (χ2n) is 5.61. The van der Waals surface area contributed by atoms with E-state index in [2.05, 4.69) is 18.8 Å². The third-order valence-electron chi connectivity index (χ3n) is 4.27. The van der Waals surface area contributed by atoms with Crippen LogP contribution in [0.4, 0.5) is 5.82 Å². The van der Waals surface area contributed by atoms with E-state index in [0.29, 0.717) is 13.1 Å². The van der Waals surface area contributed by atoms with E-state index in [1.807, 2.05) is 0 Å². The first-order valence-electron chi connectivity index (χ1n) is 6.70. The van der Waals surface area contributed by atoms with Gasteiger partial charge in [-0.15, -0.1) is 0 Å². The maximum atomic E-state index is 12.5. The molecule has 0 atom stereocenters. The van der Waals surface area contributed by atoms with Crippen LogP contribution in [0.3, 0.4) is 0 Å². The molecule has 0 radical (unpaired) electrons. The van der Waals surface area contributed by atoms with Crippen molar-refractivity contribution in [3.63, 3.8) is 0 Å². The van der Waals surface area contributed by atoms with E-state index in [0.717, 1.165) is 19.3 Å². The summed E-state index contributed by atoms with van der Waals surface area (Å²) in [5.74, 6) is 0.141. The Hall–Kier alpha value is -0.850. The first-order chi connectivity index (χ1) is 9.28. The smallest absolute Gasteiger partial charge is 0.244 e. The van der Waals surface area contributed by atoms with Crippen molar-refractivity contribution in [3.05, 3.63) is 17.3 Å². The van der Waals surface area contributed by atoms with Crippen molar-refractivity contribution in [1.29, 1.82) is 0 Å². The van der Waals surface area contributed by atoms with Crippen LogP contribution in [0, 0.1) is 5.41 Å². The average Bonchev–Trinajstić information content (AvgIpc) is 2.42. The molecule has 0 unspecified atom stereocenters. The van der Waals surface area contributed by atoms with Crippen molar-refractivity contribution in [2.24, 2.45) is 5.41 Å². The van der Waals surface area contributed by atoms with Gasteiger partial charge in [-0.1, -0.05) is 31.9 Å². The van der Waals surface area contributed by atoms with Gasteiger partial charge in [0, 0.05) is 19.3 Å². The van der Waals surface area contributed by atoms with Crippen LogP contribution in [0.2, 0.25) is 5.02 Å². The highest BCUT2D eigenvalue weighted by molar-refractivity contribution is 7.89. The molecule has 0 amide bonds. The van der Waals surface area contributed by atoms with Crippen molar-refractivity contribution >= 4 is 27.4 Å². The van der Waals surface area contributed by atoms with Gasteiger partial charge >= 0.3 is 0 Å². The Bertz CT molecular complexity index is 596. The van der Waals surface area contributed by atoms with Crippen molar-refractivity contribution in [2.45, 2.75) is 38.0 Å². The predicted molar refractivity (Wildman–Crippen MR) is 80.1 cm³/mol. The SMILES string of the molecule is CCC1(C)CCN(S(=O)(=O)c2cnc(N)c(Cl)c2)CC1. The number of halogens is 1. The van der Waals surface area contributed by atoms with Gasteiger partial charge in [-0.25, -0.2) is 13.4 Å². The maximum absolute atomic E-state index is 12.5. The fourth-order valence-corrected chi connectivity index (χ4v) is 3.99. The minimum absolute atomic E-state index is 0.108. The highest BCUT2D eigenvalue weighted by Crippen LogP contribution is 2.36. The normalized spacial score (nSPS) is 19.9. The van der Waals surface area contributed by atoms with E-state index in [4.69, 9.17) is 17.3 Å². The number of nitrogens with two attached hydrogens (primary N) is 1. The number of nitrogens with zero attached hydrogens (tertiary/aromatic N) is 2. The van der Waals surface area contributed by atoms with Crippen LogP contribution in [-0.2, 0) is 10.0 Å². The summed E-state index contributed by atoms with van der Waals surface area (Å²) in [6, 6.07) is 1.37. The molecule has 5 nitrogen and oxygen atoms in total. The number of sulfonamides is 1. The number of aromatic nitrogens is 1. The van der Waals surface area contributed by atoms with Gasteiger partial charge in [0.1, 0.15) is 10.7 Å². The lowest BCUT2D eigenvalue weighted by Gasteiger charge is -2.38. The first-order valence-corrected chi connectivity index (χ1v) is 8.51. The summed E-state index contributed by atoms with van der Waals surface area (Å²) in [6.45, 7) is 5.43. The summed E-state index contributed by atoms with van der Waals surface area (Å²) in [6.07, 6.45) is 4.08. The fourth-order valence-electron chi connectivity index (χ4n) is 2.34. The van der Waals surface area contributed by atoms with Gasteiger partial charge in [0.15, 0.2) is 0 Å². The number of anilines is 1. The monoisotopic (exact) mass is 317 g/mol. The maximum Gasteiger partial charge on any atom is 0.244 e. The van der Waals surface area contributed by atoms with Gasteiger partial charge in [0.2, 0.25) is 10.0 Å². The molecular formula is C13H20ClN3O2S. The summed E-state index contributed by atoms with van der Waals surface area (Å²) in [7, 11) is -3.53. The molecule has 2 rings (SSSR count).